The van der Waals surface area contributed by atoms with Crippen molar-refractivity contribution in [3.05, 3.63) is 0 Å². The van der Waals surface area contributed by atoms with Gasteiger partial charge in [-0.05, 0) is 131 Å². The quantitative estimate of drug-likeness (QED) is 0.148. The largest absolute Gasteiger partial charge is 0.444 e. The second-order valence-electron chi connectivity index (χ2n) is 19.2. The lowest BCUT2D eigenvalue weighted by Crippen LogP contribution is -2.43. The van der Waals surface area contributed by atoms with E-state index in [9.17, 15) is 14.4 Å². The molecule has 316 valence electrons. The highest BCUT2D eigenvalue weighted by Gasteiger charge is 2.31. The molecule has 0 aromatic heterocycles. The SMILES string of the molecule is BrC1CCCCC1.CC(C)(C)OC(=O)N1CCC(C2CCCCC2)CC1.CC(C)(C)OC(=O)N1CCC(I)CC1.CC1CCN(C(=O)OC(C)(C)C)CC1. The number of rotatable bonds is 1. The molecule has 2 saturated carbocycles. The van der Waals surface area contributed by atoms with Crippen LogP contribution in [-0.2, 0) is 14.2 Å². The Balaban J connectivity index is 0.000000260. The van der Waals surface area contributed by atoms with E-state index in [1.165, 1.54) is 77.0 Å². The Morgan fingerprint density at radius 3 is 1.09 bits per heavy atom. The van der Waals surface area contributed by atoms with E-state index in [1.54, 1.807) is 4.90 Å². The molecule has 0 bridgehead atoms. The number of piperidine rings is 3. The number of alkyl halides is 2. The van der Waals surface area contributed by atoms with Crippen molar-refractivity contribution in [3.8, 4) is 0 Å². The molecular weight excluding hydrogens is 861 g/mol. The molecule has 5 fully saturated rings. The first-order valence-electron chi connectivity index (χ1n) is 21.3. The van der Waals surface area contributed by atoms with Crippen LogP contribution in [-0.4, -0.2) is 97.8 Å². The molecule has 5 aliphatic rings. The summed E-state index contributed by atoms with van der Waals surface area (Å²) < 4.78 is 16.8. The fraction of sp³-hybridized carbons (Fsp3) is 0.930. The van der Waals surface area contributed by atoms with Crippen LogP contribution >= 0.6 is 38.5 Å². The Bertz CT molecular complexity index is 1020. The number of hydrogen-bond acceptors (Lipinski definition) is 6. The van der Waals surface area contributed by atoms with Crippen LogP contribution in [0.25, 0.3) is 0 Å². The van der Waals surface area contributed by atoms with E-state index in [0.29, 0.717) is 3.92 Å². The van der Waals surface area contributed by atoms with Gasteiger partial charge >= 0.3 is 18.3 Å². The maximum atomic E-state index is 12.0. The van der Waals surface area contributed by atoms with Gasteiger partial charge in [0.05, 0.1) is 0 Å². The van der Waals surface area contributed by atoms with Crippen molar-refractivity contribution < 1.29 is 28.6 Å². The second kappa shape index (κ2) is 24.1. The van der Waals surface area contributed by atoms with Crippen LogP contribution in [0.15, 0.2) is 0 Å². The summed E-state index contributed by atoms with van der Waals surface area (Å²) in [6.07, 6.45) is 20.5. The Kier molecular flexibility index (Phi) is 21.9. The van der Waals surface area contributed by atoms with Crippen LogP contribution in [0.2, 0.25) is 0 Å². The molecule has 0 N–H and O–H groups in total. The molecule has 3 saturated heterocycles. The van der Waals surface area contributed by atoms with E-state index >= 15 is 0 Å². The normalized spacial score (nSPS) is 21.7. The number of hydrogen-bond donors (Lipinski definition) is 0. The van der Waals surface area contributed by atoms with Gasteiger partial charge in [-0.15, -0.1) is 0 Å². The minimum atomic E-state index is -0.378. The zero-order valence-electron chi connectivity index (χ0n) is 36.0. The van der Waals surface area contributed by atoms with Crippen LogP contribution in [0.3, 0.4) is 0 Å². The minimum absolute atomic E-state index is 0.130. The standard InChI is InChI=1S/C16H29NO2.C11H21NO2.C10H18INO2.C6H11Br/c1-16(2,3)19-15(18)17-11-9-14(10-12-17)13-7-5-4-6-8-13;1-9-5-7-12(8-6-9)10(13)14-11(2,3)4;1-10(2,3)14-9(13)12-6-4-8(11)5-7-12;7-6-4-2-1-3-5-6/h13-14H,4-12H2,1-3H3;9H,5-8H2,1-4H3;8H,4-7H2,1-3H3;6H,1-5H2. The van der Waals surface area contributed by atoms with E-state index in [4.69, 9.17) is 14.2 Å². The van der Waals surface area contributed by atoms with E-state index < -0.39 is 0 Å². The van der Waals surface area contributed by atoms with Gasteiger partial charge in [-0.3, -0.25) is 0 Å². The first-order chi connectivity index (χ1) is 25.1. The molecule has 0 atom stereocenters. The molecule has 0 aromatic rings. The average Bonchev–Trinajstić information content (AvgIpc) is 3.08. The van der Waals surface area contributed by atoms with Crippen LogP contribution in [0.4, 0.5) is 14.4 Å². The summed E-state index contributed by atoms with van der Waals surface area (Å²) in [5.41, 5.74) is -1.13. The molecule has 3 aliphatic heterocycles. The smallest absolute Gasteiger partial charge is 0.410 e. The summed E-state index contributed by atoms with van der Waals surface area (Å²) >= 11 is 6.03. The number of halogens is 2. The molecule has 5 rings (SSSR count). The highest BCUT2D eigenvalue weighted by atomic mass is 127. The fourth-order valence-corrected chi connectivity index (χ4v) is 8.62. The molecule has 2 aliphatic carbocycles. The third-order valence-corrected chi connectivity index (χ3v) is 12.7. The lowest BCUT2D eigenvalue weighted by atomic mass is 9.76. The van der Waals surface area contributed by atoms with E-state index in [2.05, 4.69) is 45.4 Å². The van der Waals surface area contributed by atoms with Crippen molar-refractivity contribution in [1.82, 2.24) is 14.7 Å². The summed E-state index contributed by atoms with van der Waals surface area (Å²) in [7, 11) is 0. The maximum absolute atomic E-state index is 12.0. The van der Waals surface area contributed by atoms with Gasteiger partial charge in [0.25, 0.3) is 0 Å². The Morgan fingerprint density at radius 1 is 0.481 bits per heavy atom. The Hall–Kier alpha value is -0.980. The first kappa shape index (κ1) is 49.2. The number of amides is 3. The summed E-state index contributed by atoms with van der Waals surface area (Å²) in [6, 6.07) is 0. The predicted octanol–water partition coefficient (Wildman–Crippen LogP) is 12.4. The third kappa shape index (κ3) is 22.1. The summed E-state index contributed by atoms with van der Waals surface area (Å²) in [6.45, 7) is 24.5. The van der Waals surface area contributed by atoms with Gasteiger partial charge in [0.1, 0.15) is 16.8 Å². The van der Waals surface area contributed by atoms with E-state index in [0.717, 1.165) is 87.5 Å². The second-order valence-corrected chi connectivity index (χ2v) is 22.3. The average molecular weight is 941 g/mol. The highest BCUT2D eigenvalue weighted by molar-refractivity contribution is 14.1. The molecule has 0 unspecified atom stereocenters. The molecule has 0 aromatic carbocycles. The third-order valence-electron chi connectivity index (χ3n) is 10.6. The lowest BCUT2D eigenvalue weighted by molar-refractivity contribution is 0.0145. The zero-order chi connectivity index (χ0) is 40.5. The van der Waals surface area contributed by atoms with Gasteiger partial charge < -0.3 is 28.9 Å². The number of carbonyl (C=O) groups excluding carboxylic acids is 3. The van der Waals surface area contributed by atoms with Crippen molar-refractivity contribution in [2.24, 2.45) is 17.8 Å². The van der Waals surface area contributed by atoms with Crippen molar-refractivity contribution >= 4 is 56.8 Å². The van der Waals surface area contributed by atoms with Crippen LogP contribution in [0.5, 0.6) is 0 Å². The van der Waals surface area contributed by atoms with Crippen LogP contribution in [0, 0.1) is 17.8 Å². The van der Waals surface area contributed by atoms with E-state index in [-0.39, 0.29) is 35.1 Å². The molecule has 11 heteroatoms. The van der Waals surface area contributed by atoms with Crippen LogP contribution in [0.1, 0.15) is 172 Å². The molecule has 0 radical (unpaired) electrons. The predicted molar refractivity (Wildman–Crippen MR) is 234 cm³/mol. The minimum Gasteiger partial charge on any atom is -0.444 e. The van der Waals surface area contributed by atoms with Crippen molar-refractivity contribution in [2.75, 3.05) is 39.3 Å². The molecular formula is C43H79BrIN3O6. The number of nitrogens with zero attached hydrogens (tertiary/aromatic N) is 3. The summed E-state index contributed by atoms with van der Waals surface area (Å²) in [5.74, 6) is 2.52. The molecule has 0 spiro atoms. The van der Waals surface area contributed by atoms with Gasteiger partial charge in [0.15, 0.2) is 0 Å². The Morgan fingerprint density at radius 2 is 0.778 bits per heavy atom. The Labute approximate surface area is 352 Å². The topological polar surface area (TPSA) is 88.6 Å². The van der Waals surface area contributed by atoms with E-state index in [1.807, 2.05) is 72.1 Å². The zero-order valence-corrected chi connectivity index (χ0v) is 39.7. The van der Waals surface area contributed by atoms with Crippen molar-refractivity contribution in [2.45, 2.75) is 198 Å². The van der Waals surface area contributed by atoms with Crippen molar-refractivity contribution in [3.63, 3.8) is 0 Å². The number of likely N-dealkylation sites (tertiary alicyclic amines) is 3. The fourth-order valence-electron chi connectivity index (χ4n) is 7.41. The van der Waals surface area contributed by atoms with Gasteiger partial charge in [-0.1, -0.05) is 96.8 Å². The van der Waals surface area contributed by atoms with Gasteiger partial charge in [-0.25, -0.2) is 14.4 Å². The van der Waals surface area contributed by atoms with Gasteiger partial charge in [0.2, 0.25) is 0 Å². The van der Waals surface area contributed by atoms with Crippen LogP contribution < -0.4 is 0 Å². The first-order valence-corrected chi connectivity index (χ1v) is 23.5. The monoisotopic (exact) mass is 939 g/mol. The summed E-state index contributed by atoms with van der Waals surface area (Å²) in [4.78, 5) is 41.6. The van der Waals surface area contributed by atoms with Crippen molar-refractivity contribution in [1.29, 1.82) is 0 Å². The molecule has 3 heterocycles. The van der Waals surface area contributed by atoms with Gasteiger partial charge in [-0.2, -0.15) is 0 Å². The summed E-state index contributed by atoms with van der Waals surface area (Å²) in [5, 5.41) is 0. The maximum Gasteiger partial charge on any atom is 0.410 e. The molecule has 9 nitrogen and oxygen atoms in total. The highest BCUT2D eigenvalue weighted by Crippen LogP contribution is 2.36. The van der Waals surface area contributed by atoms with Gasteiger partial charge in [0, 0.05) is 48.0 Å². The number of carbonyl (C=O) groups is 3. The molecule has 3 amide bonds. The molecule has 54 heavy (non-hydrogen) atoms. The lowest BCUT2D eigenvalue weighted by Gasteiger charge is -2.38. The number of ether oxygens (including phenoxy) is 3.